The molecular formula is C67H50ClN3. The summed E-state index contributed by atoms with van der Waals surface area (Å²) in [6, 6.07) is 68.7. The minimum absolute atomic E-state index is 0.598. The molecule has 3 nitrogen and oxygen atoms in total. The van der Waals surface area contributed by atoms with Crippen LogP contribution in [0.1, 0.15) is 83.2 Å². The van der Waals surface area contributed by atoms with Crippen LogP contribution in [-0.2, 0) is 17.3 Å². The minimum Gasteiger partial charge on any atom is -0.308 e. The van der Waals surface area contributed by atoms with Gasteiger partial charge in [0.25, 0.3) is 0 Å². The van der Waals surface area contributed by atoms with E-state index in [1.807, 2.05) is 18.2 Å². The summed E-state index contributed by atoms with van der Waals surface area (Å²) >= 11 is 8.35. The van der Waals surface area contributed by atoms with Crippen molar-refractivity contribution in [3.63, 3.8) is 0 Å². The molecular weight excluding hydrogens is 882 g/mol. The molecule has 71 heavy (non-hydrogen) atoms. The molecule has 0 N–H and O–H groups in total. The molecule has 0 aromatic heterocycles. The van der Waals surface area contributed by atoms with E-state index in [9.17, 15) is 5.26 Å². The first-order valence-electron chi connectivity index (χ1n) is 24.9. The second-order valence-electron chi connectivity index (χ2n) is 19.5. The molecule has 13 rings (SSSR count). The number of nitrogens with zero attached hydrogens (tertiary/aromatic N) is 3. The summed E-state index contributed by atoms with van der Waals surface area (Å²) in [5.74, 6) is 0. The van der Waals surface area contributed by atoms with Gasteiger partial charge in [-0.3, -0.25) is 0 Å². The highest BCUT2D eigenvalue weighted by molar-refractivity contribution is 6.37. The zero-order valence-electron chi connectivity index (χ0n) is 39.8. The van der Waals surface area contributed by atoms with Gasteiger partial charge in [0.2, 0.25) is 0 Å². The van der Waals surface area contributed by atoms with Crippen LogP contribution >= 0.6 is 11.6 Å². The molecule has 0 atom stereocenters. The van der Waals surface area contributed by atoms with Crippen LogP contribution in [0.15, 0.2) is 241 Å². The Balaban J connectivity index is 1.13. The van der Waals surface area contributed by atoms with E-state index in [1.54, 1.807) is 0 Å². The second-order valence-corrected chi connectivity index (χ2v) is 19.9. The van der Waals surface area contributed by atoms with Gasteiger partial charge in [0, 0.05) is 0 Å². The van der Waals surface area contributed by atoms with Crippen LogP contribution in [0.2, 0.25) is 5.02 Å². The van der Waals surface area contributed by atoms with Crippen molar-refractivity contribution in [2.45, 2.75) is 50.4 Å². The van der Waals surface area contributed by atoms with Crippen LogP contribution in [-0.4, -0.2) is 0 Å². The quantitative estimate of drug-likeness (QED) is 0.172. The summed E-state index contributed by atoms with van der Waals surface area (Å²) in [6.07, 6.45) is 17.8. The Hall–Kier alpha value is -8.16. The van der Waals surface area contributed by atoms with Crippen LogP contribution < -0.4 is 9.80 Å². The van der Waals surface area contributed by atoms with Crippen LogP contribution in [0.4, 0.5) is 34.1 Å². The highest BCUT2D eigenvalue weighted by Gasteiger charge is 2.52. The maximum absolute atomic E-state index is 10.7. The van der Waals surface area contributed by atoms with Gasteiger partial charge in [0.05, 0.1) is 61.6 Å². The molecule has 2 aliphatic heterocycles. The number of allylic oxidation sites excluding steroid dienone is 10. The smallest absolute Gasteiger partial charge is 0.0998 e. The van der Waals surface area contributed by atoms with E-state index in [0.29, 0.717) is 10.6 Å². The first-order valence-corrected chi connectivity index (χ1v) is 25.2. The van der Waals surface area contributed by atoms with Crippen molar-refractivity contribution in [3.05, 3.63) is 296 Å². The van der Waals surface area contributed by atoms with Crippen molar-refractivity contribution in [1.29, 1.82) is 5.26 Å². The number of anilines is 6. The minimum atomic E-state index is -0.633. The van der Waals surface area contributed by atoms with Crippen molar-refractivity contribution in [2.75, 3.05) is 9.80 Å². The van der Waals surface area contributed by atoms with Crippen LogP contribution in [0.3, 0.4) is 0 Å². The maximum atomic E-state index is 10.7. The summed E-state index contributed by atoms with van der Waals surface area (Å²) in [5, 5.41) is 11.3. The van der Waals surface area contributed by atoms with Gasteiger partial charge in [-0.1, -0.05) is 193 Å². The van der Waals surface area contributed by atoms with Crippen molar-refractivity contribution in [2.24, 2.45) is 0 Å². The third kappa shape index (κ3) is 6.14. The molecule has 0 fully saturated rings. The molecule has 0 amide bonds. The molecule has 8 aromatic carbocycles. The van der Waals surface area contributed by atoms with Gasteiger partial charge in [-0.2, -0.15) is 5.26 Å². The molecule has 0 unspecified atom stereocenters. The largest absolute Gasteiger partial charge is 0.308 e. The van der Waals surface area contributed by atoms with Gasteiger partial charge >= 0.3 is 0 Å². The molecule has 5 aliphatic rings. The van der Waals surface area contributed by atoms with Crippen molar-refractivity contribution in [3.8, 4) is 17.2 Å². The summed E-state index contributed by atoms with van der Waals surface area (Å²) in [5.41, 5.74) is 22.2. The van der Waals surface area contributed by atoms with Gasteiger partial charge in [0.15, 0.2) is 0 Å². The Morgan fingerprint density at radius 3 is 1.46 bits per heavy atom. The summed E-state index contributed by atoms with van der Waals surface area (Å²) in [7, 11) is 0. The number of para-hydroxylation sites is 4. The zero-order chi connectivity index (χ0) is 47.8. The Morgan fingerprint density at radius 1 is 0.479 bits per heavy atom. The maximum Gasteiger partial charge on any atom is 0.0998 e. The predicted molar refractivity (Wildman–Crippen MR) is 293 cm³/mol. The van der Waals surface area contributed by atoms with Crippen molar-refractivity contribution in [1.82, 2.24) is 0 Å². The first-order chi connectivity index (χ1) is 35.0. The third-order valence-corrected chi connectivity index (χ3v) is 16.3. The molecule has 0 bridgehead atoms. The Labute approximate surface area is 422 Å². The molecule has 340 valence electrons. The van der Waals surface area contributed by atoms with E-state index in [2.05, 4.69) is 230 Å². The molecule has 3 aliphatic carbocycles. The average molecular weight is 933 g/mol. The normalized spacial score (nSPS) is 16.6. The van der Waals surface area contributed by atoms with E-state index in [1.165, 1.54) is 66.8 Å². The van der Waals surface area contributed by atoms with Gasteiger partial charge < -0.3 is 9.80 Å². The van der Waals surface area contributed by atoms with Crippen LogP contribution in [0.25, 0.3) is 11.1 Å². The van der Waals surface area contributed by atoms with Crippen LogP contribution in [0.5, 0.6) is 0 Å². The van der Waals surface area contributed by atoms with Crippen molar-refractivity contribution >= 4 is 45.7 Å². The molecule has 0 saturated heterocycles. The number of hydrogen-bond acceptors (Lipinski definition) is 3. The third-order valence-electron chi connectivity index (χ3n) is 15.9. The second kappa shape index (κ2) is 16.8. The molecule has 2 heterocycles. The Kier molecular flexibility index (Phi) is 10.1. The van der Waals surface area contributed by atoms with E-state index < -0.39 is 10.8 Å². The Bertz CT molecular complexity index is 3600. The highest BCUT2D eigenvalue weighted by atomic mass is 35.5. The highest BCUT2D eigenvalue weighted by Crippen LogP contribution is 2.64. The number of rotatable bonds is 5. The standard InChI is InChI=1S/C67H50ClN3/c1-44-22-4-3-5-28-51(44)66(52-29-11-6-23-45(52)2)55-32-14-18-36-59(55)70(60-37-19-15-33-56(60)66)63-41-49(50-27-10-7-26-48(50)43-69)42-64(65(63)68)71-61-38-20-16-34-57(61)67(58-35-17-21-39-62(58)71)53-30-12-8-24-46(53)40-47-25-9-13-31-54(47)67/h4-5,7-22,24-39,41-42H,3,6,23,40H2,1-2H3. The SMILES string of the molecule is CC1=C(C2(C3=C(C)CCC=C3)c3ccccc3N(c3cc(-c4ccccc4C#N)cc(N4c5ccccc5C5(c6ccccc6Cc6ccccc65)c5ccccc54)c3Cl)c3ccccc32)C=CCC=C1. The lowest BCUT2D eigenvalue weighted by Gasteiger charge is -2.50. The topological polar surface area (TPSA) is 30.3 Å². The lowest BCUT2D eigenvalue weighted by atomic mass is 9.58. The van der Waals surface area contributed by atoms with Gasteiger partial charge in [-0.15, -0.1) is 0 Å². The zero-order valence-corrected chi connectivity index (χ0v) is 40.6. The fraction of sp³-hybridized carbons (Fsp3) is 0.119. The first kappa shape index (κ1) is 42.9. The molecule has 4 heteroatoms. The van der Waals surface area contributed by atoms with Crippen LogP contribution in [0, 0.1) is 11.3 Å². The van der Waals surface area contributed by atoms with E-state index in [-0.39, 0.29) is 0 Å². The number of fused-ring (bicyclic) bond motifs is 10. The fourth-order valence-electron chi connectivity index (χ4n) is 13.0. The number of benzene rings is 8. The lowest BCUT2D eigenvalue weighted by molar-refractivity contribution is 0.693. The van der Waals surface area contributed by atoms with Gasteiger partial charge in [-0.25, -0.2) is 0 Å². The number of halogens is 1. The monoisotopic (exact) mass is 931 g/mol. The fourth-order valence-corrected chi connectivity index (χ4v) is 13.3. The van der Waals surface area contributed by atoms with Gasteiger partial charge in [-0.05, 0) is 154 Å². The van der Waals surface area contributed by atoms with Gasteiger partial charge in [0.1, 0.15) is 0 Å². The lowest BCUT2D eigenvalue weighted by Crippen LogP contribution is -2.41. The summed E-state index contributed by atoms with van der Waals surface area (Å²) in [4.78, 5) is 4.79. The van der Waals surface area contributed by atoms with E-state index >= 15 is 0 Å². The molecule has 0 radical (unpaired) electrons. The number of hydrogen-bond donors (Lipinski definition) is 0. The summed E-state index contributed by atoms with van der Waals surface area (Å²) in [6.45, 7) is 4.60. The van der Waals surface area contributed by atoms with Crippen molar-refractivity contribution < 1.29 is 0 Å². The average Bonchev–Trinajstić information content (AvgIpc) is 3.65. The molecule has 1 spiro atoms. The molecule has 0 saturated carbocycles. The van der Waals surface area contributed by atoms with E-state index in [0.717, 1.165) is 70.9 Å². The van der Waals surface area contributed by atoms with E-state index in [4.69, 9.17) is 11.6 Å². The molecule has 8 aromatic rings. The predicted octanol–water partition coefficient (Wildman–Crippen LogP) is 17.5. The Morgan fingerprint density at radius 2 is 0.930 bits per heavy atom. The number of nitriles is 1. The summed E-state index contributed by atoms with van der Waals surface area (Å²) < 4.78 is 0.